The van der Waals surface area contributed by atoms with Crippen LogP contribution in [0.3, 0.4) is 0 Å². The minimum atomic E-state index is -1.17. The predicted octanol–water partition coefficient (Wildman–Crippen LogP) is 3.38. The first-order valence-corrected chi connectivity index (χ1v) is 9.71. The standard InChI is InChI=1S/C23H28N2O6/c1-23(2,3)18-8-5-16(6-9-18)15-31-19-10-7-17(11-20(19)30-4)12-24-25(13-21(26)27)14-22(28)29/h5-12H,13-15H2,1-4H3,(H,26,27)(H,28,29)/b24-12-. The molecule has 166 valence electrons. The Hall–Kier alpha value is -3.55. The van der Waals surface area contributed by atoms with E-state index in [0.717, 1.165) is 10.6 Å². The van der Waals surface area contributed by atoms with Crippen molar-refractivity contribution in [3.63, 3.8) is 0 Å². The zero-order valence-electron chi connectivity index (χ0n) is 18.2. The number of nitrogens with zero attached hydrogens (tertiary/aromatic N) is 2. The van der Waals surface area contributed by atoms with Crippen molar-refractivity contribution in [2.45, 2.75) is 32.8 Å². The van der Waals surface area contributed by atoms with Crippen LogP contribution < -0.4 is 9.47 Å². The molecule has 0 aliphatic rings. The summed E-state index contributed by atoms with van der Waals surface area (Å²) in [5.74, 6) is -1.31. The maximum atomic E-state index is 10.9. The van der Waals surface area contributed by atoms with E-state index in [1.165, 1.54) is 18.9 Å². The Morgan fingerprint density at radius 3 is 2.13 bits per heavy atom. The van der Waals surface area contributed by atoms with Gasteiger partial charge in [-0.1, -0.05) is 45.0 Å². The van der Waals surface area contributed by atoms with Crippen LogP contribution in [-0.2, 0) is 21.6 Å². The van der Waals surface area contributed by atoms with E-state index in [0.29, 0.717) is 23.7 Å². The summed E-state index contributed by atoms with van der Waals surface area (Å²) in [6.45, 7) is 5.83. The van der Waals surface area contributed by atoms with Crippen molar-refractivity contribution in [3.05, 3.63) is 59.2 Å². The van der Waals surface area contributed by atoms with Crippen molar-refractivity contribution in [2.24, 2.45) is 5.10 Å². The highest BCUT2D eigenvalue weighted by atomic mass is 16.5. The summed E-state index contributed by atoms with van der Waals surface area (Å²) in [5, 5.41) is 22.6. The Kier molecular flexibility index (Phi) is 8.01. The summed E-state index contributed by atoms with van der Waals surface area (Å²) in [4.78, 5) is 21.7. The second kappa shape index (κ2) is 10.5. The molecule has 0 aliphatic carbocycles. The number of benzene rings is 2. The molecule has 0 atom stereocenters. The van der Waals surface area contributed by atoms with Crippen LogP contribution in [0.1, 0.15) is 37.5 Å². The van der Waals surface area contributed by atoms with Crippen LogP contribution in [0.25, 0.3) is 0 Å². The van der Waals surface area contributed by atoms with Gasteiger partial charge in [0.15, 0.2) is 11.5 Å². The molecule has 8 nitrogen and oxygen atoms in total. The first-order chi connectivity index (χ1) is 14.6. The van der Waals surface area contributed by atoms with E-state index in [2.05, 4.69) is 38.0 Å². The molecule has 31 heavy (non-hydrogen) atoms. The first kappa shape index (κ1) is 23.7. The molecule has 0 unspecified atom stereocenters. The first-order valence-electron chi connectivity index (χ1n) is 9.71. The number of hydrogen-bond donors (Lipinski definition) is 2. The second-order valence-electron chi connectivity index (χ2n) is 8.00. The quantitative estimate of drug-likeness (QED) is 0.441. The van der Waals surface area contributed by atoms with E-state index < -0.39 is 25.0 Å². The van der Waals surface area contributed by atoms with Crippen LogP contribution in [0.5, 0.6) is 11.5 Å². The molecule has 0 bridgehead atoms. The van der Waals surface area contributed by atoms with Crippen molar-refractivity contribution >= 4 is 18.2 Å². The number of carbonyl (C=O) groups is 2. The lowest BCUT2D eigenvalue weighted by molar-refractivity contribution is -0.141. The molecule has 2 aromatic rings. The van der Waals surface area contributed by atoms with Crippen molar-refractivity contribution < 1.29 is 29.3 Å². The zero-order valence-corrected chi connectivity index (χ0v) is 18.2. The maximum absolute atomic E-state index is 10.9. The second-order valence-corrected chi connectivity index (χ2v) is 8.00. The largest absolute Gasteiger partial charge is 0.493 e. The SMILES string of the molecule is COc1cc(/C=N\N(CC(=O)O)CC(=O)O)ccc1OCc1ccc(C(C)(C)C)cc1. The van der Waals surface area contributed by atoms with Gasteiger partial charge in [0.25, 0.3) is 0 Å². The number of methoxy groups -OCH3 is 1. The monoisotopic (exact) mass is 428 g/mol. The highest BCUT2D eigenvalue weighted by Gasteiger charge is 2.13. The molecule has 0 saturated carbocycles. The fraction of sp³-hybridized carbons (Fsp3) is 0.348. The van der Waals surface area contributed by atoms with Gasteiger partial charge >= 0.3 is 11.9 Å². The highest BCUT2D eigenvalue weighted by Crippen LogP contribution is 2.29. The van der Waals surface area contributed by atoms with Gasteiger partial charge in [-0.05, 0) is 40.3 Å². The lowest BCUT2D eigenvalue weighted by Crippen LogP contribution is -2.30. The smallest absolute Gasteiger partial charge is 0.324 e. The summed E-state index contributed by atoms with van der Waals surface area (Å²) in [7, 11) is 1.52. The van der Waals surface area contributed by atoms with Gasteiger partial charge in [0, 0.05) is 0 Å². The van der Waals surface area contributed by atoms with E-state index in [1.807, 2.05) is 12.1 Å². The Morgan fingerprint density at radius 2 is 1.61 bits per heavy atom. The van der Waals surface area contributed by atoms with E-state index in [4.69, 9.17) is 19.7 Å². The summed E-state index contributed by atoms with van der Waals surface area (Å²) in [5.41, 5.74) is 2.97. The number of aliphatic carboxylic acids is 2. The van der Waals surface area contributed by atoms with Gasteiger partial charge in [0.05, 0.1) is 13.3 Å². The van der Waals surface area contributed by atoms with Crippen molar-refractivity contribution in [1.29, 1.82) is 0 Å². The minimum absolute atomic E-state index is 0.0878. The molecule has 0 aliphatic heterocycles. The van der Waals surface area contributed by atoms with Crippen molar-refractivity contribution in [2.75, 3.05) is 20.2 Å². The van der Waals surface area contributed by atoms with Gasteiger partial charge in [-0.25, -0.2) is 0 Å². The van der Waals surface area contributed by atoms with Crippen LogP contribution in [-0.4, -0.2) is 53.6 Å². The van der Waals surface area contributed by atoms with Gasteiger partial charge in [-0.3, -0.25) is 14.6 Å². The van der Waals surface area contributed by atoms with E-state index in [9.17, 15) is 9.59 Å². The predicted molar refractivity (Wildman–Crippen MR) is 117 cm³/mol. The van der Waals surface area contributed by atoms with E-state index in [-0.39, 0.29) is 5.41 Å². The summed E-state index contributed by atoms with van der Waals surface area (Å²) in [6.07, 6.45) is 1.38. The normalized spacial score (nSPS) is 11.4. The lowest BCUT2D eigenvalue weighted by atomic mass is 9.87. The molecule has 0 saturated heterocycles. The molecular formula is C23H28N2O6. The van der Waals surface area contributed by atoms with Gasteiger partial charge in [-0.2, -0.15) is 5.10 Å². The summed E-state index contributed by atoms with van der Waals surface area (Å²) in [6, 6.07) is 13.4. The summed E-state index contributed by atoms with van der Waals surface area (Å²) < 4.78 is 11.3. The molecule has 2 aromatic carbocycles. The zero-order chi connectivity index (χ0) is 23.0. The number of hydrazone groups is 1. The summed E-state index contributed by atoms with van der Waals surface area (Å²) >= 11 is 0. The number of carboxylic acid groups (broad SMARTS) is 2. The highest BCUT2D eigenvalue weighted by molar-refractivity contribution is 5.81. The Labute approximate surface area is 181 Å². The van der Waals surface area contributed by atoms with E-state index >= 15 is 0 Å². The van der Waals surface area contributed by atoms with E-state index in [1.54, 1.807) is 18.2 Å². The minimum Gasteiger partial charge on any atom is -0.493 e. The average Bonchev–Trinajstić information content (AvgIpc) is 2.69. The van der Waals surface area contributed by atoms with Crippen LogP contribution in [0, 0.1) is 0 Å². The topological polar surface area (TPSA) is 109 Å². The number of carboxylic acids is 2. The molecule has 0 spiro atoms. The Morgan fingerprint density at radius 1 is 1.00 bits per heavy atom. The van der Waals surface area contributed by atoms with Crippen molar-refractivity contribution in [1.82, 2.24) is 5.01 Å². The lowest BCUT2D eigenvalue weighted by Gasteiger charge is -2.19. The fourth-order valence-electron chi connectivity index (χ4n) is 2.74. The molecule has 0 heterocycles. The molecule has 0 radical (unpaired) electrons. The molecular weight excluding hydrogens is 400 g/mol. The van der Waals surface area contributed by atoms with Gasteiger partial charge < -0.3 is 19.7 Å². The molecule has 2 N–H and O–H groups in total. The Bertz CT molecular complexity index is 916. The van der Waals surface area contributed by atoms with Gasteiger partial charge in [0.2, 0.25) is 0 Å². The molecule has 8 heteroatoms. The van der Waals surface area contributed by atoms with Crippen LogP contribution in [0.15, 0.2) is 47.6 Å². The number of ether oxygens (including phenoxy) is 2. The molecule has 0 amide bonds. The van der Waals surface area contributed by atoms with Crippen LogP contribution >= 0.6 is 0 Å². The molecule has 0 fully saturated rings. The third-order valence-corrected chi connectivity index (χ3v) is 4.41. The number of rotatable bonds is 10. The van der Waals surface area contributed by atoms with Crippen molar-refractivity contribution in [3.8, 4) is 11.5 Å². The third kappa shape index (κ3) is 7.65. The Balaban J connectivity index is 2.08. The molecule has 2 rings (SSSR count). The van der Waals surface area contributed by atoms with Gasteiger partial charge in [0.1, 0.15) is 19.7 Å². The van der Waals surface area contributed by atoms with Crippen LogP contribution in [0.4, 0.5) is 0 Å². The third-order valence-electron chi connectivity index (χ3n) is 4.41. The van der Waals surface area contributed by atoms with Gasteiger partial charge in [-0.15, -0.1) is 0 Å². The fourth-order valence-corrected chi connectivity index (χ4v) is 2.74. The molecule has 0 aromatic heterocycles. The average molecular weight is 428 g/mol. The number of hydrogen-bond acceptors (Lipinski definition) is 6. The van der Waals surface area contributed by atoms with Crippen LogP contribution in [0.2, 0.25) is 0 Å². The maximum Gasteiger partial charge on any atom is 0.324 e.